The van der Waals surface area contributed by atoms with Crippen LogP contribution in [0.2, 0.25) is 0 Å². The number of carbonyl (C=O) groups is 2. The van der Waals surface area contributed by atoms with Gasteiger partial charge >= 0.3 is 0 Å². The first-order valence-corrected chi connectivity index (χ1v) is 9.52. The smallest absolute Gasteiger partial charge is 0.271 e. The Morgan fingerprint density at radius 2 is 1.72 bits per heavy atom. The number of amides is 2. The van der Waals surface area contributed by atoms with E-state index in [4.69, 9.17) is 0 Å². The Hall–Kier alpha value is -3.45. The second kappa shape index (κ2) is 9.16. The summed E-state index contributed by atoms with van der Waals surface area (Å²) in [6.45, 7) is 1.92. The molecule has 3 aromatic rings. The molecule has 146 valence electrons. The quantitative estimate of drug-likeness (QED) is 0.394. The maximum atomic E-state index is 12.3. The lowest BCUT2D eigenvalue weighted by atomic mass is 10.1. The topological polar surface area (TPSA) is 90.8 Å². The van der Waals surface area contributed by atoms with Crippen molar-refractivity contribution in [2.45, 2.75) is 6.92 Å². The molecule has 3 aromatic carbocycles. The van der Waals surface area contributed by atoms with Crippen molar-refractivity contribution in [2.24, 2.45) is 5.10 Å². The first-order chi connectivity index (χ1) is 13.9. The molecule has 0 aliphatic heterocycles. The third-order valence-corrected chi connectivity index (χ3v) is 4.54. The van der Waals surface area contributed by atoms with E-state index < -0.39 is 5.91 Å². The van der Waals surface area contributed by atoms with Crippen LogP contribution in [-0.2, 0) is 0 Å². The molecule has 0 heterocycles. The number of nitrogens with zero attached hydrogens (tertiary/aromatic N) is 1. The van der Waals surface area contributed by atoms with Crippen molar-refractivity contribution >= 4 is 39.6 Å². The second-order valence-corrected chi connectivity index (χ2v) is 7.22. The van der Waals surface area contributed by atoms with E-state index in [2.05, 4.69) is 31.8 Å². The van der Waals surface area contributed by atoms with Gasteiger partial charge in [0.05, 0.1) is 6.21 Å². The standard InChI is InChI=1S/C22H18BrN3O3/c1-14-3-2-4-16(11-14)21(28)25-19-8-5-15(6-9-19)22(29)26-24-13-17-12-18(23)7-10-20(17)27/h2-13,27H,1H3,(H,25,28)(H,26,29). The van der Waals surface area contributed by atoms with Gasteiger partial charge in [-0.1, -0.05) is 33.6 Å². The number of aryl methyl sites for hydroxylation is 1. The van der Waals surface area contributed by atoms with Crippen LogP contribution in [-0.4, -0.2) is 23.1 Å². The summed E-state index contributed by atoms with van der Waals surface area (Å²) < 4.78 is 0.784. The van der Waals surface area contributed by atoms with Crippen LogP contribution in [0.25, 0.3) is 0 Å². The number of halogens is 1. The molecule has 0 unspecified atom stereocenters. The van der Waals surface area contributed by atoms with Crippen molar-refractivity contribution in [3.05, 3.63) is 93.5 Å². The van der Waals surface area contributed by atoms with Crippen LogP contribution in [0.15, 0.2) is 76.3 Å². The number of rotatable bonds is 5. The lowest BCUT2D eigenvalue weighted by Crippen LogP contribution is -2.18. The number of hydrogen-bond donors (Lipinski definition) is 3. The summed E-state index contributed by atoms with van der Waals surface area (Å²) in [6, 6.07) is 18.7. The number of hydrazone groups is 1. The van der Waals surface area contributed by atoms with Crippen LogP contribution in [0, 0.1) is 6.92 Å². The van der Waals surface area contributed by atoms with E-state index in [9.17, 15) is 14.7 Å². The molecule has 0 saturated heterocycles. The van der Waals surface area contributed by atoms with Gasteiger partial charge in [-0.15, -0.1) is 0 Å². The van der Waals surface area contributed by atoms with Gasteiger partial charge in [-0.05, 0) is 61.5 Å². The number of nitrogens with one attached hydrogen (secondary N) is 2. The molecule has 29 heavy (non-hydrogen) atoms. The predicted molar refractivity (Wildman–Crippen MR) is 116 cm³/mol. The van der Waals surface area contributed by atoms with Gasteiger partial charge in [0.15, 0.2) is 0 Å². The zero-order chi connectivity index (χ0) is 20.8. The molecule has 0 saturated carbocycles. The van der Waals surface area contributed by atoms with Gasteiger partial charge in [0.1, 0.15) is 5.75 Å². The van der Waals surface area contributed by atoms with E-state index in [-0.39, 0.29) is 11.7 Å². The zero-order valence-corrected chi connectivity index (χ0v) is 17.1. The Kier molecular flexibility index (Phi) is 6.41. The molecule has 0 aromatic heterocycles. The highest BCUT2D eigenvalue weighted by molar-refractivity contribution is 9.10. The van der Waals surface area contributed by atoms with Crippen molar-refractivity contribution < 1.29 is 14.7 Å². The van der Waals surface area contributed by atoms with E-state index in [1.54, 1.807) is 48.5 Å². The fourth-order valence-corrected chi connectivity index (χ4v) is 2.93. The summed E-state index contributed by atoms with van der Waals surface area (Å²) in [5, 5.41) is 16.4. The van der Waals surface area contributed by atoms with Gasteiger partial charge in [-0.2, -0.15) is 5.10 Å². The molecular formula is C22H18BrN3O3. The zero-order valence-electron chi connectivity index (χ0n) is 15.5. The molecule has 2 amide bonds. The van der Waals surface area contributed by atoms with Gasteiger partial charge in [0.2, 0.25) is 0 Å². The van der Waals surface area contributed by atoms with E-state index in [0.717, 1.165) is 10.0 Å². The summed E-state index contributed by atoms with van der Waals surface area (Å²) in [4.78, 5) is 24.5. The normalized spacial score (nSPS) is 10.7. The molecule has 0 aliphatic rings. The summed E-state index contributed by atoms with van der Waals surface area (Å²) in [6.07, 6.45) is 1.36. The molecule has 0 fully saturated rings. The van der Waals surface area contributed by atoms with Crippen LogP contribution in [0.3, 0.4) is 0 Å². The van der Waals surface area contributed by atoms with Crippen LogP contribution in [0.1, 0.15) is 31.8 Å². The Labute approximate surface area is 176 Å². The monoisotopic (exact) mass is 451 g/mol. The van der Waals surface area contributed by atoms with Crippen molar-refractivity contribution in [1.82, 2.24) is 5.43 Å². The minimum absolute atomic E-state index is 0.0555. The third-order valence-electron chi connectivity index (χ3n) is 4.04. The van der Waals surface area contributed by atoms with Gasteiger partial charge in [0, 0.05) is 26.9 Å². The highest BCUT2D eigenvalue weighted by atomic mass is 79.9. The Morgan fingerprint density at radius 1 is 0.966 bits per heavy atom. The molecule has 0 spiro atoms. The fourth-order valence-electron chi connectivity index (χ4n) is 2.55. The number of carbonyl (C=O) groups excluding carboxylic acids is 2. The molecular weight excluding hydrogens is 434 g/mol. The highest BCUT2D eigenvalue weighted by Crippen LogP contribution is 2.20. The number of phenols is 1. The minimum Gasteiger partial charge on any atom is -0.507 e. The summed E-state index contributed by atoms with van der Waals surface area (Å²) in [5.74, 6) is -0.573. The van der Waals surface area contributed by atoms with Gasteiger partial charge in [-0.3, -0.25) is 9.59 Å². The maximum absolute atomic E-state index is 12.3. The first kappa shape index (κ1) is 20.3. The number of aromatic hydroxyl groups is 1. The molecule has 3 rings (SSSR count). The fraction of sp³-hybridized carbons (Fsp3) is 0.0455. The molecule has 0 aliphatic carbocycles. The van der Waals surface area contributed by atoms with Crippen LogP contribution in [0.5, 0.6) is 5.75 Å². The van der Waals surface area contributed by atoms with Gasteiger partial charge in [0.25, 0.3) is 11.8 Å². The second-order valence-electron chi connectivity index (χ2n) is 6.30. The largest absolute Gasteiger partial charge is 0.507 e. The Balaban J connectivity index is 1.60. The summed E-state index contributed by atoms with van der Waals surface area (Å²) in [5.41, 5.74) is 5.40. The SMILES string of the molecule is Cc1cccc(C(=O)Nc2ccc(C(=O)NN=Cc3cc(Br)ccc3O)cc2)c1. The number of hydrogen-bond acceptors (Lipinski definition) is 4. The third kappa shape index (κ3) is 5.52. The summed E-state index contributed by atoms with van der Waals surface area (Å²) >= 11 is 3.31. The maximum Gasteiger partial charge on any atom is 0.271 e. The van der Waals surface area contributed by atoms with E-state index >= 15 is 0 Å². The average molecular weight is 452 g/mol. The van der Waals surface area contributed by atoms with Crippen molar-refractivity contribution in [2.75, 3.05) is 5.32 Å². The van der Waals surface area contributed by atoms with Gasteiger partial charge in [-0.25, -0.2) is 5.43 Å². The van der Waals surface area contributed by atoms with E-state index in [1.807, 2.05) is 19.1 Å². The van der Waals surface area contributed by atoms with Crippen LogP contribution < -0.4 is 10.7 Å². The lowest BCUT2D eigenvalue weighted by Gasteiger charge is -2.07. The minimum atomic E-state index is -0.410. The number of anilines is 1. The molecule has 0 bridgehead atoms. The Morgan fingerprint density at radius 3 is 2.45 bits per heavy atom. The van der Waals surface area contributed by atoms with Crippen LogP contribution >= 0.6 is 15.9 Å². The summed E-state index contributed by atoms with van der Waals surface area (Å²) in [7, 11) is 0. The molecule has 3 N–H and O–H groups in total. The average Bonchev–Trinajstić information content (AvgIpc) is 2.71. The predicted octanol–water partition coefficient (Wildman–Crippen LogP) is 4.48. The number of phenolic OH excluding ortho intramolecular Hbond substituents is 1. The number of benzene rings is 3. The molecule has 6 nitrogen and oxygen atoms in total. The lowest BCUT2D eigenvalue weighted by molar-refractivity contribution is 0.0954. The van der Waals surface area contributed by atoms with Crippen molar-refractivity contribution in [3.63, 3.8) is 0 Å². The molecule has 0 atom stereocenters. The Bertz CT molecular complexity index is 1080. The highest BCUT2D eigenvalue weighted by Gasteiger charge is 2.08. The molecule has 0 radical (unpaired) electrons. The van der Waals surface area contributed by atoms with Crippen molar-refractivity contribution in [3.8, 4) is 5.75 Å². The van der Waals surface area contributed by atoms with Crippen LogP contribution in [0.4, 0.5) is 5.69 Å². The van der Waals surface area contributed by atoms with E-state index in [0.29, 0.717) is 22.4 Å². The van der Waals surface area contributed by atoms with E-state index in [1.165, 1.54) is 12.3 Å². The molecule has 7 heteroatoms. The first-order valence-electron chi connectivity index (χ1n) is 8.72. The van der Waals surface area contributed by atoms with Crippen molar-refractivity contribution in [1.29, 1.82) is 0 Å². The van der Waals surface area contributed by atoms with Gasteiger partial charge < -0.3 is 10.4 Å².